The minimum atomic E-state index is -4.77. The zero-order valence-electron chi connectivity index (χ0n) is 19.8. The Balaban J connectivity index is 1.33. The SMILES string of the molecule is COC12CN(C(=O)CCc3ccc(OC(F)(F)F)cc3)CC1CN(C(=O)c1ccc(S(N)(=O)=O)cn1)C2. The highest BCUT2D eigenvalue weighted by Crippen LogP contribution is 2.38. The van der Waals surface area contributed by atoms with Crippen LogP contribution in [0.5, 0.6) is 5.75 Å². The average Bonchev–Trinajstić information content (AvgIpc) is 3.37. The first kappa shape index (κ1) is 26.8. The van der Waals surface area contributed by atoms with E-state index in [2.05, 4.69) is 9.72 Å². The summed E-state index contributed by atoms with van der Waals surface area (Å²) in [6, 6.07) is 7.89. The first-order chi connectivity index (χ1) is 17.3. The van der Waals surface area contributed by atoms with E-state index in [4.69, 9.17) is 9.88 Å². The van der Waals surface area contributed by atoms with Crippen molar-refractivity contribution in [2.24, 2.45) is 11.1 Å². The molecule has 2 fully saturated rings. The lowest BCUT2D eigenvalue weighted by atomic mass is 9.95. The maximum absolute atomic E-state index is 12.9. The van der Waals surface area contributed by atoms with E-state index in [0.29, 0.717) is 25.1 Å². The number of amides is 2. The molecule has 2 amide bonds. The lowest BCUT2D eigenvalue weighted by molar-refractivity contribution is -0.274. The number of aryl methyl sites for hydroxylation is 1. The maximum atomic E-state index is 12.9. The number of fused-ring (bicyclic) bond motifs is 1. The van der Waals surface area contributed by atoms with Crippen molar-refractivity contribution in [1.29, 1.82) is 0 Å². The fourth-order valence-electron chi connectivity index (χ4n) is 4.75. The number of carbonyl (C=O) groups excluding carboxylic acids is 2. The van der Waals surface area contributed by atoms with Crippen LogP contribution in [0, 0.1) is 5.92 Å². The summed E-state index contributed by atoms with van der Waals surface area (Å²) in [5.74, 6) is -0.971. The first-order valence-electron chi connectivity index (χ1n) is 11.3. The molecule has 1 aromatic carbocycles. The Morgan fingerprint density at radius 3 is 2.30 bits per heavy atom. The second kappa shape index (κ2) is 9.91. The number of carbonyl (C=O) groups is 2. The number of methoxy groups -OCH3 is 1. The van der Waals surface area contributed by atoms with Crippen molar-refractivity contribution in [3.8, 4) is 5.75 Å². The number of pyridine rings is 1. The van der Waals surface area contributed by atoms with Gasteiger partial charge in [-0.05, 0) is 36.2 Å². The Labute approximate surface area is 211 Å². The number of likely N-dealkylation sites (tertiary alicyclic amines) is 2. The molecule has 0 spiro atoms. The van der Waals surface area contributed by atoms with Crippen molar-refractivity contribution in [1.82, 2.24) is 14.8 Å². The minimum Gasteiger partial charge on any atom is -0.406 e. The summed E-state index contributed by atoms with van der Waals surface area (Å²) in [5, 5.41) is 5.07. The smallest absolute Gasteiger partial charge is 0.406 e. The van der Waals surface area contributed by atoms with Crippen molar-refractivity contribution >= 4 is 21.8 Å². The number of sulfonamides is 1. The zero-order valence-corrected chi connectivity index (χ0v) is 20.6. The van der Waals surface area contributed by atoms with Crippen LogP contribution in [-0.2, 0) is 26.0 Å². The molecule has 2 atom stereocenters. The van der Waals surface area contributed by atoms with E-state index in [0.717, 1.165) is 6.20 Å². The highest BCUT2D eigenvalue weighted by molar-refractivity contribution is 7.89. The van der Waals surface area contributed by atoms with Gasteiger partial charge in [0.15, 0.2) is 0 Å². The molecule has 10 nitrogen and oxygen atoms in total. The summed E-state index contributed by atoms with van der Waals surface area (Å²) >= 11 is 0. The highest BCUT2D eigenvalue weighted by atomic mass is 32.2. The Kier molecular flexibility index (Phi) is 7.18. The van der Waals surface area contributed by atoms with Crippen LogP contribution in [0.1, 0.15) is 22.5 Å². The van der Waals surface area contributed by atoms with Crippen LogP contribution in [0.3, 0.4) is 0 Å². The van der Waals surface area contributed by atoms with E-state index in [-0.39, 0.29) is 53.6 Å². The first-order valence-corrected chi connectivity index (χ1v) is 12.8. The molecule has 2 aromatic rings. The predicted octanol–water partition coefficient (Wildman–Crippen LogP) is 1.56. The molecule has 2 N–H and O–H groups in total. The number of halogens is 3. The van der Waals surface area contributed by atoms with Crippen LogP contribution in [0.15, 0.2) is 47.5 Å². The largest absolute Gasteiger partial charge is 0.573 e. The molecule has 3 heterocycles. The molecule has 4 rings (SSSR count). The fraction of sp³-hybridized carbons (Fsp3) is 0.435. The van der Waals surface area contributed by atoms with Crippen LogP contribution in [-0.4, -0.2) is 80.3 Å². The van der Waals surface area contributed by atoms with Crippen molar-refractivity contribution < 1.29 is 40.7 Å². The summed E-state index contributed by atoms with van der Waals surface area (Å²) in [5.41, 5.74) is 0.0160. The third-order valence-electron chi connectivity index (χ3n) is 6.66. The molecule has 1 aromatic heterocycles. The lowest BCUT2D eigenvalue weighted by Gasteiger charge is -2.28. The standard InChI is InChI=1S/C23H25F3N4O6S/c1-35-22-13-29(20(31)9-4-15-2-5-17(6-3-15)36-23(24,25)26)11-16(22)12-30(14-22)21(32)19-8-7-18(10-28-19)37(27,33)34/h2-3,5-8,10,16H,4,9,11-14H2,1H3,(H2,27,33,34). The topological polar surface area (TPSA) is 132 Å². The summed E-state index contributed by atoms with van der Waals surface area (Å²) in [4.78, 5) is 32.8. The molecule has 2 unspecified atom stereocenters. The van der Waals surface area contributed by atoms with Crippen molar-refractivity contribution in [3.05, 3.63) is 53.9 Å². The Morgan fingerprint density at radius 1 is 1.11 bits per heavy atom. The number of aromatic nitrogens is 1. The molecule has 2 aliphatic heterocycles. The van der Waals surface area contributed by atoms with Gasteiger partial charge in [-0.2, -0.15) is 0 Å². The van der Waals surface area contributed by atoms with Crippen LogP contribution < -0.4 is 9.88 Å². The number of alkyl halides is 3. The maximum Gasteiger partial charge on any atom is 0.573 e. The number of benzene rings is 1. The molecular formula is C23H25F3N4O6S. The van der Waals surface area contributed by atoms with E-state index >= 15 is 0 Å². The number of hydrogen-bond donors (Lipinski definition) is 1. The molecule has 0 radical (unpaired) electrons. The van der Waals surface area contributed by atoms with Gasteiger partial charge in [0.05, 0.1) is 13.1 Å². The Morgan fingerprint density at radius 2 is 1.76 bits per heavy atom. The van der Waals surface area contributed by atoms with Crippen molar-refractivity contribution in [3.63, 3.8) is 0 Å². The van der Waals surface area contributed by atoms with E-state index in [1.54, 1.807) is 9.80 Å². The van der Waals surface area contributed by atoms with Gasteiger partial charge in [-0.25, -0.2) is 18.5 Å². The fourth-order valence-corrected chi connectivity index (χ4v) is 5.21. The number of ether oxygens (including phenoxy) is 2. The number of nitrogens with zero attached hydrogens (tertiary/aromatic N) is 3. The molecule has 0 bridgehead atoms. The molecule has 2 aliphatic rings. The number of primary sulfonamides is 1. The zero-order chi connectivity index (χ0) is 27.0. The number of nitrogens with two attached hydrogens (primary N) is 1. The number of hydrogen-bond acceptors (Lipinski definition) is 7. The summed E-state index contributed by atoms with van der Waals surface area (Å²) in [7, 11) is -2.40. The summed E-state index contributed by atoms with van der Waals surface area (Å²) in [6.45, 7) is 1.23. The van der Waals surface area contributed by atoms with E-state index in [9.17, 15) is 31.2 Å². The summed E-state index contributed by atoms with van der Waals surface area (Å²) in [6.07, 6.45) is -3.23. The van der Waals surface area contributed by atoms with Gasteiger partial charge in [-0.1, -0.05) is 12.1 Å². The Hall–Kier alpha value is -3.23. The van der Waals surface area contributed by atoms with E-state index < -0.39 is 22.0 Å². The third kappa shape index (κ3) is 6.02. The van der Waals surface area contributed by atoms with Gasteiger partial charge in [0, 0.05) is 38.7 Å². The van der Waals surface area contributed by atoms with Crippen LogP contribution in [0.2, 0.25) is 0 Å². The summed E-state index contributed by atoms with van der Waals surface area (Å²) < 4.78 is 69.4. The monoisotopic (exact) mass is 542 g/mol. The van der Waals surface area contributed by atoms with Gasteiger partial charge in [0.2, 0.25) is 15.9 Å². The van der Waals surface area contributed by atoms with Crippen molar-refractivity contribution in [2.45, 2.75) is 29.7 Å². The van der Waals surface area contributed by atoms with Gasteiger partial charge < -0.3 is 19.3 Å². The lowest BCUT2D eigenvalue weighted by Crippen LogP contribution is -2.44. The quantitative estimate of drug-likeness (QED) is 0.562. The second-order valence-electron chi connectivity index (χ2n) is 9.04. The van der Waals surface area contributed by atoms with E-state index in [1.807, 2.05) is 0 Å². The molecule has 0 aliphatic carbocycles. The molecule has 37 heavy (non-hydrogen) atoms. The molecule has 14 heteroatoms. The van der Waals surface area contributed by atoms with Crippen LogP contribution in [0.4, 0.5) is 13.2 Å². The van der Waals surface area contributed by atoms with Gasteiger partial charge in [0.25, 0.3) is 5.91 Å². The van der Waals surface area contributed by atoms with E-state index in [1.165, 1.54) is 43.5 Å². The molecular weight excluding hydrogens is 517 g/mol. The number of rotatable bonds is 7. The predicted molar refractivity (Wildman–Crippen MR) is 123 cm³/mol. The van der Waals surface area contributed by atoms with Gasteiger partial charge in [-0.15, -0.1) is 13.2 Å². The van der Waals surface area contributed by atoms with Gasteiger partial charge in [0.1, 0.15) is 21.9 Å². The normalized spacial score (nSPS) is 21.7. The third-order valence-corrected chi connectivity index (χ3v) is 7.56. The molecule has 2 saturated heterocycles. The van der Waals surface area contributed by atoms with Gasteiger partial charge >= 0.3 is 6.36 Å². The average molecular weight is 543 g/mol. The van der Waals surface area contributed by atoms with Crippen LogP contribution in [0.25, 0.3) is 0 Å². The van der Waals surface area contributed by atoms with Crippen molar-refractivity contribution in [2.75, 3.05) is 33.3 Å². The molecule has 200 valence electrons. The Bertz CT molecular complexity index is 1270. The second-order valence-corrected chi connectivity index (χ2v) is 10.6. The molecule has 0 saturated carbocycles. The minimum absolute atomic E-state index is 0.0678. The highest BCUT2D eigenvalue weighted by Gasteiger charge is 2.55. The van der Waals surface area contributed by atoms with Gasteiger partial charge in [-0.3, -0.25) is 9.59 Å². The van der Waals surface area contributed by atoms with Crippen LogP contribution >= 0.6 is 0 Å².